The van der Waals surface area contributed by atoms with E-state index in [1.165, 1.54) is 6.08 Å². The number of pyridine rings is 1. The van der Waals surface area contributed by atoms with Crippen molar-refractivity contribution >= 4 is 46.3 Å². The predicted molar refractivity (Wildman–Crippen MR) is 125 cm³/mol. The number of carboxylic acids is 1. The molecule has 0 amide bonds. The predicted octanol–water partition coefficient (Wildman–Crippen LogP) is 7.40. The zero-order chi connectivity index (χ0) is 22.3. The molecule has 1 aromatic heterocycles. The molecular formula is C24H18Cl3NO3. The van der Waals surface area contributed by atoms with Crippen LogP contribution in [0.1, 0.15) is 25.8 Å². The van der Waals surface area contributed by atoms with Crippen LogP contribution in [0, 0.1) is 0 Å². The number of rotatable bonds is 3. The molecule has 0 fully saturated rings. The van der Waals surface area contributed by atoms with Crippen LogP contribution in [0.2, 0.25) is 15.1 Å². The molecule has 4 nitrogen and oxygen atoms in total. The fraction of sp³-hybridized carbons (Fsp3) is 0.167. The number of halogens is 3. The standard InChI is InChI=1S/C24H18Cl3NO3/c1-24(2)12-14(9-21(29)30)19-11-18(13-3-5-15(25)6-4-13)22(28-23(19)31-24)17-8-7-16(26)10-20(17)27/h3-11H,12H2,1-2H3,(H,29,30). The van der Waals surface area contributed by atoms with Gasteiger partial charge in [0.15, 0.2) is 0 Å². The number of carbonyl (C=O) groups is 1. The first-order chi connectivity index (χ1) is 14.6. The zero-order valence-corrected chi connectivity index (χ0v) is 19.0. The summed E-state index contributed by atoms with van der Waals surface area (Å²) in [5.74, 6) is -0.654. The molecule has 7 heteroatoms. The van der Waals surface area contributed by atoms with Crippen molar-refractivity contribution in [1.82, 2.24) is 4.98 Å². The van der Waals surface area contributed by atoms with Gasteiger partial charge in [0.05, 0.1) is 10.7 Å². The topological polar surface area (TPSA) is 59.4 Å². The van der Waals surface area contributed by atoms with E-state index >= 15 is 0 Å². The van der Waals surface area contributed by atoms with Crippen LogP contribution in [0.4, 0.5) is 0 Å². The molecule has 2 heterocycles. The molecule has 0 radical (unpaired) electrons. The Morgan fingerprint density at radius 1 is 1.00 bits per heavy atom. The van der Waals surface area contributed by atoms with Crippen LogP contribution in [0.25, 0.3) is 28.0 Å². The van der Waals surface area contributed by atoms with Gasteiger partial charge in [-0.1, -0.05) is 46.9 Å². The second kappa shape index (κ2) is 8.19. The van der Waals surface area contributed by atoms with Crippen LogP contribution in [-0.4, -0.2) is 21.7 Å². The number of hydrogen-bond acceptors (Lipinski definition) is 3. The fourth-order valence-electron chi connectivity index (χ4n) is 3.67. The second-order valence-corrected chi connectivity index (χ2v) is 9.19. The van der Waals surface area contributed by atoms with Crippen molar-refractivity contribution in [3.63, 3.8) is 0 Å². The normalized spacial score (nSPS) is 16.0. The summed E-state index contributed by atoms with van der Waals surface area (Å²) in [6.07, 6.45) is 1.65. The third kappa shape index (κ3) is 4.57. The van der Waals surface area contributed by atoms with Gasteiger partial charge < -0.3 is 9.84 Å². The number of carboxylic acid groups (broad SMARTS) is 1. The van der Waals surface area contributed by atoms with Gasteiger partial charge in [-0.25, -0.2) is 9.78 Å². The molecule has 0 aliphatic carbocycles. The molecule has 2 aromatic carbocycles. The van der Waals surface area contributed by atoms with E-state index in [1.807, 2.05) is 32.0 Å². The third-order valence-corrected chi connectivity index (χ3v) is 5.76. The number of ether oxygens (including phenoxy) is 1. The van der Waals surface area contributed by atoms with Crippen LogP contribution >= 0.6 is 34.8 Å². The van der Waals surface area contributed by atoms with Crippen LogP contribution in [-0.2, 0) is 4.79 Å². The third-order valence-electron chi connectivity index (χ3n) is 4.96. The summed E-state index contributed by atoms with van der Waals surface area (Å²) in [4.78, 5) is 16.3. The van der Waals surface area contributed by atoms with E-state index in [1.54, 1.807) is 30.3 Å². The summed E-state index contributed by atoms with van der Waals surface area (Å²) < 4.78 is 6.13. The lowest BCUT2D eigenvalue weighted by molar-refractivity contribution is -0.131. The molecule has 4 rings (SSSR count). The highest BCUT2D eigenvalue weighted by atomic mass is 35.5. The molecule has 31 heavy (non-hydrogen) atoms. The Hall–Kier alpha value is -2.53. The Bertz CT molecular complexity index is 1220. The van der Waals surface area contributed by atoms with Gasteiger partial charge in [-0.15, -0.1) is 0 Å². The van der Waals surface area contributed by atoms with Crippen molar-refractivity contribution in [1.29, 1.82) is 0 Å². The van der Waals surface area contributed by atoms with E-state index in [4.69, 9.17) is 44.5 Å². The first-order valence-corrected chi connectivity index (χ1v) is 10.7. The lowest BCUT2D eigenvalue weighted by Gasteiger charge is -2.34. The maximum absolute atomic E-state index is 11.5. The first-order valence-electron chi connectivity index (χ1n) is 9.52. The van der Waals surface area contributed by atoms with Crippen LogP contribution in [0.5, 0.6) is 5.88 Å². The van der Waals surface area contributed by atoms with Gasteiger partial charge >= 0.3 is 5.97 Å². The summed E-state index contributed by atoms with van der Waals surface area (Å²) >= 11 is 18.7. The summed E-state index contributed by atoms with van der Waals surface area (Å²) in [6.45, 7) is 3.80. The van der Waals surface area contributed by atoms with E-state index in [9.17, 15) is 9.90 Å². The highest BCUT2D eigenvalue weighted by molar-refractivity contribution is 6.36. The number of aromatic nitrogens is 1. The number of benzene rings is 2. The Kier molecular flexibility index (Phi) is 5.73. The molecule has 0 saturated heterocycles. The molecule has 1 N–H and O–H groups in total. The van der Waals surface area contributed by atoms with Gasteiger partial charge in [-0.2, -0.15) is 0 Å². The number of aliphatic carboxylic acids is 1. The van der Waals surface area contributed by atoms with E-state index in [2.05, 4.69) is 0 Å². The van der Waals surface area contributed by atoms with Gasteiger partial charge in [0.2, 0.25) is 5.88 Å². The smallest absolute Gasteiger partial charge is 0.328 e. The van der Waals surface area contributed by atoms with E-state index in [0.717, 1.165) is 11.1 Å². The van der Waals surface area contributed by atoms with Crippen LogP contribution in [0.3, 0.4) is 0 Å². The maximum Gasteiger partial charge on any atom is 0.328 e. The molecular weight excluding hydrogens is 457 g/mol. The van der Waals surface area contributed by atoms with Gasteiger partial charge in [-0.05, 0) is 61.4 Å². The van der Waals surface area contributed by atoms with Gasteiger partial charge in [0.1, 0.15) is 5.60 Å². The first kappa shape index (κ1) is 21.7. The number of fused-ring (bicyclic) bond motifs is 1. The number of hydrogen-bond donors (Lipinski definition) is 1. The molecule has 0 atom stereocenters. The van der Waals surface area contributed by atoms with Crippen molar-refractivity contribution in [2.45, 2.75) is 25.9 Å². The van der Waals surface area contributed by atoms with Gasteiger partial charge in [0, 0.05) is 39.2 Å². The molecule has 1 aliphatic rings. The highest BCUT2D eigenvalue weighted by Crippen LogP contribution is 2.45. The molecule has 3 aromatic rings. The van der Waals surface area contributed by atoms with E-state index in [0.29, 0.717) is 49.8 Å². The maximum atomic E-state index is 11.5. The van der Waals surface area contributed by atoms with Crippen molar-refractivity contribution in [2.24, 2.45) is 0 Å². The minimum atomic E-state index is -1.02. The van der Waals surface area contributed by atoms with Crippen molar-refractivity contribution in [3.05, 3.63) is 75.2 Å². The average Bonchev–Trinajstić information content (AvgIpc) is 2.67. The average molecular weight is 475 g/mol. The molecule has 158 valence electrons. The van der Waals surface area contributed by atoms with Crippen LogP contribution < -0.4 is 4.74 Å². The lowest BCUT2D eigenvalue weighted by atomic mass is 9.88. The second-order valence-electron chi connectivity index (χ2n) is 7.91. The Labute approximate surface area is 195 Å². The van der Waals surface area contributed by atoms with Crippen LogP contribution in [0.15, 0.2) is 54.6 Å². The van der Waals surface area contributed by atoms with Gasteiger partial charge in [0.25, 0.3) is 0 Å². The minimum absolute atomic E-state index is 0.363. The summed E-state index contributed by atoms with van der Waals surface area (Å²) in [5.41, 5.74) is 3.62. The fourth-order valence-corrected chi connectivity index (χ4v) is 4.29. The molecule has 0 spiro atoms. The Balaban J connectivity index is 2.02. The SMILES string of the molecule is CC1(C)CC(=CC(=O)O)c2cc(-c3ccc(Cl)cc3)c(-c3ccc(Cl)cc3Cl)nc2O1. The van der Waals surface area contributed by atoms with Gasteiger partial charge in [-0.3, -0.25) is 0 Å². The zero-order valence-electron chi connectivity index (χ0n) is 16.7. The quantitative estimate of drug-likeness (QED) is 0.402. The largest absolute Gasteiger partial charge is 0.478 e. The molecule has 0 unspecified atom stereocenters. The Morgan fingerprint density at radius 3 is 2.32 bits per heavy atom. The lowest BCUT2D eigenvalue weighted by Crippen LogP contribution is -2.33. The highest BCUT2D eigenvalue weighted by Gasteiger charge is 2.33. The summed E-state index contributed by atoms with van der Waals surface area (Å²) in [7, 11) is 0. The van der Waals surface area contributed by atoms with Crippen molar-refractivity contribution in [3.8, 4) is 28.3 Å². The molecule has 1 aliphatic heterocycles. The summed E-state index contributed by atoms with van der Waals surface area (Å²) in [5, 5.41) is 11.0. The summed E-state index contributed by atoms with van der Waals surface area (Å²) in [6, 6.07) is 14.5. The van der Waals surface area contributed by atoms with Crippen molar-refractivity contribution < 1.29 is 14.6 Å². The Morgan fingerprint density at radius 2 is 1.68 bits per heavy atom. The molecule has 0 bridgehead atoms. The number of nitrogens with zero attached hydrogens (tertiary/aromatic N) is 1. The van der Waals surface area contributed by atoms with Crippen molar-refractivity contribution in [2.75, 3.05) is 0 Å². The van der Waals surface area contributed by atoms with E-state index in [-0.39, 0.29) is 0 Å². The van der Waals surface area contributed by atoms with E-state index < -0.39 is 11.6 Å². The monoisotopic (exact) mass is 473 g/mol. The molecule has 0 saturated carbocycles. The minimum Gasteiger partial charge on any atom is -0.478 e.